The Bertz CT molecular complexity index is 723. The van der Waals surface area contributed by atoms with E-state index in [2.05, 4.69) is 4.98 Å². The van der Waals surface area contributed by atoms with E-state index in [-0.39, 0.29) is 30.0 Å². The smallest absolute Gasteiger partial charge is 0.377 e. The molecule has 2 heterocycles. The van der Waals surface area contributed by atoms with E-state index >= 15 is 0 Å². The molecule has 0 aromatic carbocycles. The molecule has 0 spiro atoms. The summed E-state index contributed by atoms with van der Waals surface area (Å²) in [6.07, 6.45) is 1.32. The molecule has 0 saturated carbocycles. The van der Waals surface area contributed by atoms with E-state index < -0.39 is 37.5 Å². The number of nitrogens with zero attached hydrogens (tertiary/aromatic N) is 1. The molecule has 1 unspecified atom stereocenters. The Hall–Kier alpha value is -0.784. The minimum atomic E-state index is -4.15. The Morgan fingerprint density at radius 2 is 2.15 bits per heavy atom. The van der Waals surface area contributed by atoms with Gasteiger partial charge in [0.25, 0.3) is 5.56 Å². The van der Waals surface area contributed by atoms with E-state index in [0.717, 1.165) is 6.42 Å². The van der Waals surface area contributed by atoms with Crippen molar-refractivity contribution >= 4 is 7.82 Å². The summed E-state index contributed by atoms with van der Waals surface area (Å²) in [4.78, 5) is 34.8. The number of H-pyrrole nitrogens is 1. The molecular weight excluding hydrogens is 414 g/mol. The molecule has 4 atom stereocenters. The van der Waals surface area contributed by atoms with E-state index in [1.807, 2.05) is 6.92 Å². The predicted octanol–water partition coefficient (Wildman–Crippen LogP) is 0.770. The van der Waals surface area contributed by atoms with Gasteiger partial charge in [-0.05, 0) is 6.42 Å². The number of nitrogens with one attached hydrogen (secondary N) is 1. The number of unbranched alkanes of at least 4 members (excludes halogenated alkanes) is 1. The fourth-order valence-corrected chi connectivity index (χ4v) is 3.24. The first-order valence-corrected chi connectivity index (χ1v) is 9.47. The molecule has 26 heavy (non-hydrogen) atoms. The van der Waals surface area contributed by atoms with Crippen LogP contribution < -0.4 is 11.2 Å². The maximum Gasteiger partial charge on any atom is 0.472 e. The van der Waals surface area contributed by atoms with Crippen molar-refractivity contribution in [1.29, 1.82) is 0 Å². The van der Waals surface area contributed by atoms with Crippen molar-refractivity contribution in [3.05, 3.63) is 33.1 Å². The summed E-state index contributed by atoms with van der Waals surface area (Å²) in [5, 5.41) is 0. The fourth-order valence-electron chi connectivity index (χ4n) is 2.45. The molecule has 2 N–H and O–H groups in total. The second-order valence-corrected chi connectivity index (χ2v) is 7.08. The van der Waals surface area contributed by atoms with Gasteiger partial charge in [0.1, 0.15) is 6.10 Å². The molecule has 0 bridgehead atoms. The summed E-state index contributed by atoms with van der Waals surface area (Å²) < 4.78 is 33.8. The van der Waals surface area contributed by atoms with Crippen LogP contribution in [0.25, 0.3) is 0 Å². The van der Waals surface area contributed by atoms with Gasteiger partial charge in [0.15, 0.2) is 6.23 Å². The molecule has 1 aliphatic rings. The van der Waals surface area contributed by atoms with Crippen LogP contribution in [0.15, 0.2) is 21.9 Å². The second-order valence-electron chi connectivity index (χ2n) is 5.63. The van der Waals surface area contributed by atoms with E-state index in [0.29, 0.717) is 12.8 Å². The maximum atomic E-state index is 11.9. The zero-order valence-corrected chi connectivity index (χ0v) is 16.4. The minimum absolute atomic E-state index is 0. The van der Waals surface area contributed by atoms with Crippen molar-refractivity contribution in [2.75, 3.05) is 20.3 Å². The first kappa shape index (κ1) is 23.3. The summed E-state index contributed by atoms with van der Waals surface area (Å²) in [6.45, 7) is 1.88. The summed E-state index contributed by atoms with van der Waals surface area (Å²) in [6, 6.07) is 1.20. The molecule has 10 nitrogen and oxygen atoms in total. The number of rotatable bonds is 9. The molecule has 1 aliphatic heterocycles. The number of ether oxygens (including phenoxy) is 2. The first-order chi connectivity index (χ1) is 11.9. The number of hydrogen-bond donors (Lipinski definition) is 2. The number of phosphoric ester groups is 1. The fraction of sp³-hybridized carbons (Fsp3) is 0.714. The van der Waals surface area contributed by atoms with Crippen molar-refractivity contribution in [2.24, 2.45) is 0 Å². The Morgan fingerprint density at radius 3 is 2.77 bits per heavy atom. The Kier molecular flexibility index (Phi) is 9.41. The van der Waals surface area contributed by atoms with Crippen molar-refractivity contribution in [3.8, 4) is 0 Å². The van der Waals surface area contributed by atoms with E-state index in [1.54, 1.807) is 0 Å². The van der Waals surface area contributed by atoms with Gasteiger partial charge in [0.05, 0.1) is 19.3 Å². The Morgan fingerprint density at radius 1 is 1.42 bits per heavy atom. The van der Waals surface area contributed by atoms with Crippen LogP contribution in [0.3, 0.4) is 0 Å². The molecular formula is C14H23CoN2O8P. The van der Waals surface area contributed by atoms with Crippen LogP contribution >= 0.6 is 7.82 Å². The summed E-state index contributed by atoms with van der Waals surface area (Å²) >= 11 is 0. The Labute approximate surface area is 160 Å². The molecule has 1 saturated heterocycles. The number of aromatic amines is 1. The molecule has 0 amide bonds. The van der Waals surface area contributed by atoms with Crippen molar-refractivity contribution in [1.82, 2.24) is 9.55 Å². The number of methoxy groups -OCH3 is 1. The topological polar surface area (TPSA) is 129 Å². The van der Waals surface area contributed by atoms with Gasteiger partial charge in [-0.1, -0.05) is 13.3 Å². The molecule has 1 radical (unpaired) electrons. The van der Waals surface area contributed by atoms with Crippen LogP contribution in [0.5, 0.6) is 0 Å². The summed E-state index contributed by atoms with van der Waals surface area (Å²) in [7, 11) is -2.68. The quantitative estimate of drug-likeness (QED) is 0.428. The third kappa shape index (κ3) is 6.43. The maximum absolute atomic E-state index is 11.9. The minimum Gasteiger partial charge on any atom is -0.377 e. The Balaban J connectivity index is 0.00000338. The van der Waals surface area contributed by atoms with Gasteiger partial charge in [-0.25, -0.2) is 9.36 Å². The zero-order chi connectivity index (χ0) is 18.4. The van der Waals surface area contributed by atoms with Gasteiger partial charge in [0, 0.05) is 42.6 Å². The SMILES string of the molecule is CCCCOP(=O)(O)OC[C@H]1C[C@@H](OC)[C@H](n2ccc(=O)[nH]c2=O)O1.[Co]. The van der Waals surface area contributed by atoms with E-state index in [1.165, 1.54) is 23.9 Å². The molecule has 1 fully saturated rings. The first-order valence-electron chi connectivity index (χ1n) is 7.98. The van der Waals surface area contributed by atoms with Crippen LogP contribution in [-0.4, -0.2) is 47.0 Å². The molecule has 2 rings (SSSR count). The van der Waals surface area contributed by atoms with Crippen LogP contribution in [0.1, 0.15) is 32.4 Å². The molecule has 1 aromatic heterocycles. The summed E-state index contributed by atoms with van der Waals surface area (Å²) in [5.74, 6) is 0. The summed E-state index contributed by atoms with van der Waals surface area (Å²) in [5.41, 5.74) is -1.14. The largest absolute Gasteiger partial charge is 0.472 e. The van der Waals surface area contributed by atoms with Crippen molar-refractivity contribution in [2.45, 2.75) is 44.6 Å². The molecule has 151 valence electrons. The van der Waals surface area contributed by atoms with Crippen molar-refractivity contribution < 1.29 is 44.8 Å². The average molecular weight is 437 g/mol. The second kappa shape index (κ2) is 10.5. The van der Waals surface area contributed by atoms with Gasteiger partial charge < -0.3 is 14.4 Å². The molecule has 12 heteroatoms. The molecule has 0 aliphatic carbocycles. The molecule has 1 aromatic rings. The standard InChI is InChI=1S/C14H23N2O8P.Co/c1-3-4-7-22-25(19,20)23-9-10-8-11(21-2)13(24-10)16-6-5-12(17)15-14(16)18;/h5-6,10-11,13H,3-4,7-9H2,1-2H3,(H,19,20)(H,15,17,18);/t10-,11-,13-;/m1./s1. The van der Waals surface area contributed by atoms with Gasteiger partial charge in [-0.3, -0.25) is 23.4 Å². The van der Waals surface area contributed by atoms with E-state index in [9.17, 15) is 19.0 Å². The number of phosphoric acid groups is 1. The van der Waals surface area contributed by atoms with Crippen LogP contribution in [0, 0.1) is 0 Å². The van der Waals surface area contributed by atoms with Crippen molar-refractivity contribution in [3.63, 3.8) is 0 Å². The third-order valence-corrected chi connectivity index (χ3v) is 4.73. The van der Waals surface area contributed by atoms with Crippen LogP contribution in [-0.2, 0) is 39.9 Å². The average Bonchev–Trinajstić information content (AvgIpc) is 2.96. The van der Waals surface area contributed by atoms with Crippen LogP contribution in [0.2, 0.25) is 0 Å². The zero-order valence-electron chi connectivity index (χ0n) is 14.5. The number of aromatic nitrogens is 2. The van der Waals surface area contributed by atoms with Gasteiger partial charge in [-0.2, -0.15) is 0 Å². The predicted molar refractivity (Wildman–Crippen MR) is 87.3 cm³/mol. The van der Waals surface area contributed by atoms with Gasteiger partial charge in [-0.15, -0.1) is 0 Å². The van der Waals surface area contributed by atoms with Gasteiger partial charge in [0.2, 0.25) is 0 Å². The van der Waals surface area contributed by atoms with E-state index in [4.69, 9.17) is 18.5 Å². The van der Waals surface area contributed by atoms with Crippen LogP contribution in [0.4, 0.5) is 0 Å². The monoisotopic (exact) mass is 437 g/mol. The third-order valence-electron chi connectivity index (χ3n) is 3.75. The van der Waals surface area contributed by atoms with Gasteiger partial charge >= 0.3 is 13.5 Å². The number of hydrogen-bond acceptors (Lipinski definition) is 7. The normalized spacial score (nSPS) is 24.8.